The number of amides is 2. The number of rotatable bonds is 9. The Bertz CT molecular complexity index is 1450. The van der Waals surface area contributed by atoms with Crippen molar-refractivity contribution < 1.29 is 19.1 Å². The number of para-hydroxylation sites is 1. The minimum atomic E-state index is -0.825. The van der Waals surface area contributed by atoms with E-state index >= 15 is 0 Å². The van der Waals surface area contributed by atoms with Crippen molar-refractivity contribution in [2.45, 2.75) is 83.2 Å². The van der Waals surface area contributed by atoms with Crippen molar-refractivity contribution in [1.82, 2.24) is 9.88 Å². The van der Waals surface area contributed by atoms with Crippen molar-refractivity contribution in [3.63, 3.8) is 0 Å². The third-order valence-electron chi connectivity index (χ3n) is 9.85. The summed E-state index contributed by atoms with van der Waals surface area (Å²) < 4.78 is 10.9. The van der Waals surface area contributed by atoms with Gasteiger partial charge in [-0.3, -0.25) is 9.59 Å². The van der Waals surface area contributed by atoms with Gasteiger partial charge in [0.25, 0.3) is 0 Å². The lowest BCUT2D eigenvalue weighted by atomic mass is 9.91. The molecule has 3 aliphatic rings. The van der Waals surface area contributed by atoms with Crippen LogP contribution in [0.2, 0.25) is 0 Å². The van der Waals surface area contributed by atoms with Gasteiger partial charge in [-0.05, 0) is 73.6 Å². The molecule has 3 saturated carbocycles. The second kappa shape index (κ2) is 9.86. The zero-order chi connectivity index (χ0) is 28.2. The maximum atomic E-state index is 14.3. The van der Waals surface area contributed by atoms with Crippen molar-refractivity contribution >= 4 is 28.4 Å². The number of H-pyrrole nitrogens is 1. The van der Waals surface area contributed by atoms with Crippen LogP contribution in [0.3, 0.4) is 0 Å². The highest BCUT2D eigenvalue weighted by molar-refractivity contribution is 6.02. The number of fused-ring (bicyclic) bond motifs is 1. The molecule has 7 heteroatoms. The van der Waals surface area contributed by atoms with Gasteiger partial charge in [0.2, 0.25) is 11.8 Å². The van der Waals surface area contributed by atoms with Gasteiger partial charge in [-0.15, -0.1) is 0 Å². The Morgan fingerprint density at radius 2 is 1.77 bits per heavy atom. The largest absolute Gasteiger partial charge is 0.497 e. The molecule has 1 aromatic heterocycles. The van der Waals surface area contributed by atoms with E-state index in [2.05, 4.69) is 55.3 Å². The average molecular weight is 544 g/mol. The number of ether oxygens (including phenoxy) is 2. The first-order valence-corrected chi connectivity index (χ1v) is 14.6. The van der Waals surface area contributed by atoms with E-state index < -0.39 is 5.54 Å². The van der Waals surface area contributed by atoms with E-state index in [0.717, 1.165) is 31.2 Å². The number of benzene rings is 2. The highest BCUT2D eigenvalue weighted by atomic mass is 16.5. The van der Waals surface area contributed by atoms with Gasteiger partial charge in [0, 0.05) is 35.1 Å². The number of methoxy groups -OCH3 is 2. The fourth-order valence-electron chi connectivity index (χ4n) is 7.49. The Kier molecular flexibility index (Phi) is 6.59. The number of nitrogens with zero attached hydrogens (tertiary/aromatic N) is 1. The maximum Gasteiger partial charge on any atom is 0.250 e. The highest BCUT2D eigenvalue weighted by Gasteiger charge is 2.61. The van der Waals surface area contributed by atoms with Crippen LogP contribution in [-0.4, -0.2) is 47.5 Å². The summed E-state index contributed by atoms with van der Waals surface area (Å²) in [7, 11) is 3.18. The first kappa shape index (κ1) is 26.7. The molecule has 2 aromatic carbocycles. The van der Waals surface area contributed by atoms with Crippen LogP contribution in [0.25, 0.3) is 10.9 Å². The molecule has 3 aromatic rings. The Balaban J connectivity index is 1.27. The number of hydrogen-bond acceptors (Lipinski definition) is 4. The number of carbonyl (C=O) groups excluding carboxylic acids is 2. The van der Waals surface area contributed by atoms with Crippen molar-refractivity contribution in [3.05, 3.63) is 53.7 Å². The van der Waals surface area contributed by atoms with E-state index in [1.807, 2.05) is 17.0 Å². The van der Waals surface area contributed by atoms with E-state index in [4.69, 9.17) is 9.47 Å². The van der Waals surface area contributed by atoms with E-state index in [0.29, 0.717) is 42.4 Å². The zero-order valence-electron chi connectivity index (χ0n) is 24.3. The van der Waals surface area contributed by atoms with E-state index in [1.54, 1.807) is 20.3 Å². The lowest BCUT2D eigenvalue weighted by Gasteiger charge is -2.41. The topological polar surface area (TPSA) is 83.7 Å². The number of nitrogens with one attached hydrogen (secondary N) is 2. The minimum absolute atomic E-state index is 0.0160. The zero-order valence-corrected chi connectivity index (χ0v) is 24.3. The first-order valence-electron chi connectivity index (χ1n) is 14.6. The van der Waals surface area contributed by atoms with Gasteiger partial charge in [-0.25, -0.2) is 0 Å². The van der Waals surface area contributed by atoms with Gasteiger partial charge in [-0.1, -0.05) is 44.9 Å². The average Bonchev–Trinajstić information content (AvgIpc) is 3.73. The number of aryl methyl sites for hydroxylation is 1. The SMILES string of the molecule is COc1ccc(NC(=O)C2(N(C(=O)C[C@@H]3[C@H](c4c(C)[nH]c5ccccc45)C3(C)C)C3CC3)CCCC2)c(OC)c1. The van der Waals surface area contributed by atoms with E-state index in [9.17, 15) is 9.59 Å². The molecule has 3 aliphatic carbocycles. The van der Waals surface area contributed by atoms with Crippen LogP contribution in [-0.2, 0) is 9.59 Å². The monoisotopic (exact) mass is 543 g/mol. The van der Waals surface area contributed by atoms with Crippen molar-refractivity contribution in [2.24, 2.45) is 11.3 Å². The quantitative estimate of drug-likeness (QED) is 0.320. The predicted octanol–water partition coefficient (Wildman–Crippen LogP) is 6.57. The standard InChI is InChI=1S/C33H41N3O4/c1-20-29(23-10-6-7-11-25(23)34-20)30-24(32(30,2)3)19-28(37)36(21-12-13-21)33(16-8-9-17-33)31(38)35-26-15-14-22(39-4)18-27(26)40-5/h6-7,10-11,14-15,18,21,24,30,34H,8-9,12-13,16-17,19H2,1-5H3,(H,35,38)/t24-,30-/m1/s1. The predicted molar refractivity (Wildman–Crippen MR) is 157 cm³/mol. The number of aromatic nitrogens is 1. The van der Waals surface area contributed by atoms with Crippen LogP contribution in [0, 0.1) is 18.3 Å². The van der Waals surface area contributed by atoms with Gasteiger partial charge in [0.1, 0.15) is 17.0 Å². The first-order chi connectivity index (χ1) is 19.2. The second-order valence-corrected chi connectivity index (χ2v) is 12.6. The lowest BCUT2D eigenvalue weighted by Crippen LogP contribution is -2.58. The highest BCUT2D eigenvalue weighted by Crippen LogP contribution is 2.67. The van der Waals surface area contributed by atoms with Crippen LogP contribution >= 0.6 is 0 Å². The fraction of sp³-hybridized carbons (Fsp3) is 0.515. The van der Waals surface area contributed by atoms with Crippen LogP contribution in [0.4, 0.5) is 5.69 Å². The van der Waals surface area contributed by atoms with Crippen molar-refractivity contribution in [1.29, 1.82) is 0 Å². The molecule has 2 N–H and O–H groups in total. The summed E-state index contributed by atoms with van der Waals surface area (Å²) in [5.41, 5.74) is 3.47. The molecule has 212 valence electrons. The molecule has 0 saturated heterocycles. The Labute approximate surface area is 236 Å². The molecule has 7 nitrogen and oxygen atoms in total. The number of carbonyl (C=O) groups is 2. The molecule has 0 radical (unpaired) electrons. The molecule has 6 rings (SSSR count). The van der Waals surface area contributed by atoms with Crippen molar-refractivity contribution in [2.75, 3.05) is 19.5 Å². The van der Waals surface area contributed by atoms with Gasteiger partial charge in [0.05, 0.1) is 19.9 Å². The summed E-state index contributed by atoms with van der Waals surface area (Å²) in [5, 5.41) is 4.40. The Morgan fingerprint density at radius 1 is 1.05 bits per heavy atom. The van der Waals surface area contributed by atoms with E-state index in [-0.39, 0.29) is 29.2 Å². The molecule has 3 fully saturated rings. The van der Waals surface area contributed by atoms with Crippen LogP contribution in [0.1, 0.15) is 76.0 Å². The maximum absolute atomic E-state index is 14.3. The molecular weight excluding hydrogens is 502 g/mol. The Morgan fingerprint density at radius 3 is 2.45 bits per heavy atom. The molecule has 2 amide bonds. The molecule has 2 atom stereocenters. The summed E-state index contributed by atoms with van der Waals surface area (Å²) in [4.78, 5) is 34.0. The molecule has 40 heavy (non-hydrogen) atoms. The molecule has 0 unspecified atom stereocenters. The minimum Gasteiger partial charge on any atom is -0.497 e. The van der Waals surface area contributed by atoms with Gasteiger partial charge < -0.3 is 24.7 Å². The fourth-order valence-corrected chi connectivity index (χ4v) is 7.49. The Hall–Kier alpha value is -3.48. The lowest BCUT2D eigenvalue weighted by molar-refractivity contribution is -0.146. The summed E-state index contributed by atoms with van der Waals surface area (Å²) in [5.74, 6) is 1.77. The number of aromatic amines is 1. The van der Waals surface area contributed by atoms with Crippen LogP contribution in [0.15, 0.2) is 42.5 Å². The summed E-state index contributed by atoms with van der Waals surface area (Å²) in [6.45, 7) is 6.71. The molecule has 1 heterocycles. The third kappa shape index (κ3) is 4.34. The second-order valence-electron chi connectivity index (χ2n) is 12.6. The molecule has 0 spiro atoms. The summed E-state index contributed by atoms with van der Waals surface area (Å²) in [6.07, 6.45) is 5.66. The summed E-state index contributed by atoms with van der Waals surface area (Å²) in [6, 6.07) is 14.0. The van der Waals surface area contributed by atoms with Gasteiger partial charge in [-0.2, -0.15) is 0 Å². The smallest absolute Gasteiger partial charge is 0.250 e. The molecule has 0 aliphatic heterocycles. The normalized spacial score (nSPS) is 22.6. The van der Waals surface area contributed by atoms with Gasteiger partial charge >= 0.3 is 0 Å². The van der Waals surface area contributed by atoms with Crippen molar-refractivity contribution in [3.8, 4) is 11.5 Å². The van der Waals surface area contributed by atoms with Crippen LogP contribution < -0.4 is 14.8 Å². The van der Waals surface area contributed by atoms with E-state index in [1.165, 1.54) is 16.6 Å². The number of hydrogen-bond donors (Lipinski definition) is 2. The van der Waals surface area contributed by atoms with Crippen LogP contribution in [0.5, 0.6) is 11.5 Å². The molecule has 0 bridgehead atoms. The summed E-state index contributed by atoms with van der Waals surface area (Å²) >= 11 is 0. The number of anilines is 1. The third-order valence-corrected chi connectivity index (χ3v) is 9.85. The van der Waals surface area contributed by atoms with Gasteiger partial charge in [0.15, 0.2) is 0 Å². The molecular formula is C33H41N3O4.